The number of nitrogens with zero attached hydrogens (tertiary/aromatic N) is 3. The van der Waals surface area contributed by atoms with Gasteiger partial charge in [-0.05, 0) is 20.8 Å². The zero-order chi connectivity index (χ0) is 9.30. The molecule has 0 aromatic carbocycles. The Balaban J connectivity index is 3.12. The van der Waals surface area contributed by atoms with Crippen molar-refractivity contribution in [1.29, 1.82) is 0 Å². The van der Waals surface area contributed by atoms with E-state index in [2.05, 4.69) is 10.3 Å². The van der Waals surface area contributed by atoms with Gasteiger partial charge in [-0.25, -0.2) is 13.5 Å². The lowest BCUT2D eigenvalue weighted by Gasteiger charge is -2.08. The maximum absolute atomic E-state index is 12.4. The van der Waals surface area contributed by atoms with Crippen molar-refractivity contribution in [2.75, 3.05) is 0 Å². The molecule has 0 bridgehead atoms. The number of aryl methyl sites for hydroxylation is 1. The quantitative estimate of drug-likeness (QED) is 0.689. The lowest BCUT2D eigenvalue weighted by molar-refractivity contribution is 0.136. The first-order chi connectivity index (χ1) is 5.54. The van der Waals surface area contributed by atoms with Gasteiger partial charge in [0.05, 0.1) is 5.69 Å². The normalized spacial score (nSPS) is 11.6. The highest BCUT2D eigenvalue weighted by atomic mass is 19.3. The fraction of sp³-hybridized carbons (Fsp3) is 0.714. The molecule has 1 aromatic heterocycles. The Morgan fingerprint density at radius 3 is 2.25 bits per heavy atom. The third-order valence-electron chi connectivity index (χ3n) is 1.60. The predicted molar refractivity (Wildman–Crippen MR) is 40.1 cm³/mol. The van der Waals surface area contributed by atoms with Crippen molar-refractivity contribution in [2.45, 2.75) is 33.2 Å². The van der Waals surface area contributed by atoms with Crippen molar-refractivity contribution in [1.82, 2.24) is 15.0 Å². The van der Waals surface area contributed by atoms with Gasteiger partial charge < -0.3 is 0 Å². The first kappa shape index (κ1) is 9.09. The lowest BCUT2D eigenvalue weighted by atomic mass is 10.3. The molecule has 0 fully saturated rings. The third kappa shape index (κ3) is 1.44. The van der Waals surface area contributed by atoms with Gasteiger partial charge in [-0.3, -0.25) is 0 Å². The summed E-state index contributed by atoms with van der Waals surface area (Å²) in [5.74, 6) is 0. The molecule has 3 nitrogen and oxygen atoms in total. The summed E-state index contributed by atoms with van der Waals surface area (Å²) in [5.41, 5.74) is 0.226. The summed E-state index contributed by atoms with van der Waals surface area (Å²) >= 11 is 0. The van der Waals surface area contributed by atoms with Gasteiger partial charge in [0, 0.05) is 6.04 Å². The van der Waals surface area contributed by atoms with Crippen LogP contribution in [0.15, 0.2) is 0 Å². The molecule has 0 saturated carbocycles. The minimum absolute atomic E-state index is 0.0739. The summed E-state index contributed by atoms with van der Waals surface area (Å²) in [5, 5.41) is 7.22. The first-order valence-electron chi connectivity index (χ1n) is 3.74. The van der Waals surface area contributed by atoms with Crippen molar-refractivity contribution in [3.05, 3.63) is 11.4 Å². The van der Waals surface area contributed by atoms with Gasteiger partial charge in [0.25, 0.3) is 6.43 Å². The Labute approximate surface area is 69.4 Å². The van der Waals surface area contributed by atoms with E-state index < -0.39 is 6.43 Å². The highest BCUT2D eigenvalue weighted by Gasteiger charge is 2.20. The molecule has 0 spiro atoms. The van der Waals surface area contributed by atoms with Crippen LogP contribution in [0.25, 0.3) is 0 Å². The van der Waals surface area contributed by atoms with Crippen LogP contribution in [0.4, 0.5) is 8.78 Å². The zero-order valence-electron chi connectivity index (χ0n) is 7.25. The molecule has 1 heterocycles. The predicted octanol–water partition coefficient (Wildman–Crippen LogP) is 2.11. The fourth-order valence-corrected chi connectivity index (χ4v) is 1.02. The largest absolute Gasteiger partial charge is 0.281 e. The number of hydrogen-bond acceptors (Lipinski definition) is 2. The van der Waals surface area contributed by atoms with Gasteiger partial charge in [0.15, 0.2) is 0 Å². The molecule has 0 aliphatic heterocycles. The average molecular weight is 175 g/mol. The summed E-state index contributed by atoms with van der Waals surface area (Å²) in [7, 11) is 0. The molecule has 0 atom stereocenters. The van der Waals surface area contributed by atoms with E-state index >= 15 is 0 Å². The Morgan fingerprint density at radius 1 is 1.33 bits per heavy atom. The Bertz CT molecular complexity index is 268. The highest BCUT2D eigenvalue weighted by molar-refractivity contribution is 5.09. The van der Waals surface area contributed by atoms with Gasteiger partial charge in [-0.2, -0.15) is 0 Å². The van der Waals surface area contributed by atoms with Crippen molar-refractivity contribution < 1.29 is 8.78 Å². The smallest absolute Gasteiger partial charge is 0.241 e. The van der Waals surface area contributed by atoms with E-state index in [9.17, 15) is 8.78 Å². The van der Waals surface area contributed by atoms with E-state index in [4.69, 9.17) is 0 Å². The second kappa shape index (κ2) is 3.16. The average Bonchev–Trinajstić information content (AvgIpc) is 2.30. The first-order valence-corrected chi connectivity index (χ1v) is 3.74. The molecule has 0 aliphatic rings. The maximum atomic E-state index is 12.4. The van der Waals surface area contributed by atoms with Crippen LogP contribution in [0.3, 0.4) is 0 Å². The van der Waals surface area contributed by atoms with E-state index in [0.29, 0.717) is 5.69 Å². The van der Waals surface area contributed by atoms with Crippen LogP contribution in [-0.2, 0) is 0 Å². The molecule has 5 heteroatoms. The van der Waals surface area contributed by atoms with Gasteiger partial charge in [0.2, 0.25) is 0 Å². The van der Waals surface area contributed by atoms with E-state index in [-0.39, 0.29) is 11.7 Å². The van der Waals surface area contributed by atoms with Crippen molar-refractivity contribution in [3.63, 3.8) is 0 Å². The zero-order valence-corrected chi connectivity index (χ0v) is 7.25. The summed E-state index contributed by atoms with van der Waals surface area (Å²) in [6.45, 7) is 5.12. The minimum atomic E-state index is -2.50. The molecule has 0 N–H and O–H groups in total. The van der Waals surface area contributed by atoms with Crippen molar-refractivity contribution in [2.24, 2.45) is 0 Å². The Morgan fingerprint density at radius 2 is 1.92 bits per heavy atom. The number of halogens is 2. The summed E-state index contributed by atoms with van der Waals surface area (Å²) < 4.78 is 26.0. The van der Waals surface area contributed by atoms with E-state index in [1.54, 1.807) is 13.8 Å². The number of rotatable bonds is 2. The van der Waals surface area contributed by atoms with E-state index in [0.717, 1.165) is 0 Å². The molecule has 12 heavy (non-hydrogen) atoms. The number of aromatic nitrogens is 3. The van der Waals surface area contributed by atoms with Crippen LogP contribution in [0.2, 0.25) is 0 Å². The number of alkyl halides is 2. The molecule has 0 unspecified atom stereocenters. The molecule has 68 valence electrons. The molecule has 1 rings (SSSR count). The molecule has 0 radical (unpaired) electrons. The maximum Gasteiger partial charge on any atom is 0.281 e. The lowest BCUT2D eigenvalue weighted by Crippen LogP contribution is -2.08. The molecular weight excluding hydrogens is 164 g/mol. The fourth-order valence-electron chi connectivity index (χ4n) is 1.02. The Hall–Kier alpha value is -1.00. The standard InChI is InChI=1S/C7H11F2N3/c1-4(2)12-6(7(8)9)5(3)10-11-12/h4,7H,1-3H3. The minimum Gasteiger partial charge on any atom is -0.241 e. The summed E-state index contributed by atoms with van der Waals surface area (Å²) in [6, 6.07) is -0.0739. The SMILES string of the molecule is Cc1nnn(C(C)C)c1C(F)F. The number of hydrogen-bond donors (Lipinski definition) is 0. The van der Waals surface area contributed by atoms with Gasteiger partial charge in [-0.15, -0.1) is 5.10 Å². The van der Waals surface area contributed by atoms with Gasteiger partial charge in [-0.1, -0.05) is 5.21 Å². The molecular formula is C7H11F2N3. The molecule has 0 amide bonds. The van der Waals surface area contributed by atoms with Crippen molar-refractivity contribution in [3.8, 4) is 0 Å². The molecule has 0 saturated heterocycles. The van der Waals surface area contributed by atoms with Gasteiger partial charge in [0.1, 0.15) is 5.69 Å². The third-order valence-corrected chi connectivity index (χ3v) is 1.60. The second-order valence-corrected chi connectivity index (χ2v) is 2.90. The van der Waals surface area contributed by atoms with Crippen molar-refractivity contribution >= 4 is 0 Å². The molecule has 0 aliphatic carbocycles. The van der Waals surface area contributed by atoms with E-state index in [1.165, 1.54) is 11.6 Å². The molecule has 1 aromatic rings. The monoisotopic (exact) mass is 175 g/mol. The van der Waals surface area contributed by atoms with Crippen LogP contribution in [-0.4, -0.2) is 15.0 Å². The van der Waals surface area contributed by atoms with E-state index in [1.807, 2.05) is 0 Å². The van der Waals surface area contributed by atoms with Crippen LogP contribution in [0.5, 0.6) is 0 Å². The summed E-state index contributed by atoms with van der Waals surface area (Å²) in [4.78, 5) is 0. The second-order valence-electron chi connectivity index (χ2n) is 2.90. The summed E-state index contributed by atoms with van der Waals surface area (Å²) in [6.07, 6.45) is -2.50. The van der Waals surface area contributed by atoms with Crippen LogP contribution in [0, 0.1) is 6.92 Å². The highest BCUT2D eigenvalue weighted by Crippen LogP contribution is 2.22. The van der Waals surface area contributed by atoms with Crippen LogP contribution in [0.1, 0.15) is 37.7 Å². The topological polar surface area (TPSA) is 30.7 Å². The van der Waals surface area contributed by atoms with Crippen LogP contribution < -0.4 is 0 Å². The Kier molecular flexibility index (Phi) is 2.40. The van der Waals surface area contributed by atoms with Crippen LogP contribution >= 0.6 is 0 Å². The van der Waals surface area contributed by atoms with Gasteiger partial charge >= 0.3 is 0 Å².